The minimum absolute atomic E-state index is 0.428. The molecule has 0 bridgehead atoms. The quantitative estimate of drug-likeness (QED) is 0.866. The second kappa shape index (κ2) is 4.15. The Balaban J connectivity index is 1.90. The lowest BCUT2D eigenvalue weighted by Gasteiger charge is -2.33. The summed E-state index contributed by atoms with van der Waals surface area (Å²) in [7, 11) is 0. The van der Waals surface area contributed by atoms with E-state index in [9.17, 15) is 9.90 Å². The number of fused-ring (bicyclic) bond motifs is 1. The topological polar surface area (TPSA) is 40.5 Å². The van der Waals surface area contributed by atoms with Gasteiger partial charge >= 0.3 is 5.97 Å². The van der Waals surface area contributed by atoms with Crippen LogP contribution < -0.4 is 0 Å². The summed E-state index contributed by atoms with van der Waals surface area (Å²) in [5.74, 6) is -0.352. The van der Waals surface area contributed by atoms with Crippen LogP contribution >= 0.6 is 0 Å². The van der Waals surface area contributed by atoms with E-state index in [1.807, 2.05) is 6.07 Å². The molecule has 3 rings (SSSR count). The van der Waals surface area contributed by atoms with E-state index in [0.29, 0.717) is 11.5 Å². The average molecular weight is 231 g/mol. The molecule has 0 aromatic heterocycles. The van der Waals surface area contributed by atoms with Crippen molar-refractivity contribution in [3.8, 4) is 0 Å². The zero-order chi connectivity index (χ0) is 11.8. The zero-order valence-electron chi connectivity index (χ0n) is 9.85. The Hall–Kier alpha value is -1.35. The summed E-state index contributed by atoms with van der Waals surface area (Å²) >= 11 is 0. The number of carboxylic acids is 1. The first kappa shape index (κ1) is 10.8. The largest absolute Gasteiger partial charge is 0.478 e. The lowest BCUT2D eigenvalue weighted by molar-refractivity contribution is 0.0694. The number of carboxylic acid groups (broad SMARTS) is 1. The van der Waals surface area contributed by atoms with Crippen molar-refractivity contribution in [1.29, 1.82) is 0 Å². The Labute approximate surface area is 101 Å². The van der Waals surface area contributed by atoms with Crippen LogP contribution in [-0.2, 0) is 6.42 Å². The summed E-state index contributed by atoms with van der Waals surface area (Å²) in [6, 6.07) is 5.70. The van der Waals surface area contributed by atoms with Crippen molar-refractivity contribution in [2.24, 2.45) is 0 Å². The SMILES string of the molecule is O=C(O)c1cccc2c1C(CN1CCC1)CC2. The van der Waals surface area contributed by atoms with Gasteiger partial charge in [-0.1, -0.05) is 12.1 Å². The van der Waals surface area contributed by atoms with Gasteiger partial charge in [-0.3, -0.25) is 0 Å². The highest BCUT2D eigenvalue weighted by atomic mass is 16.4. The molecule has 1 saturated heterocycles. The molecule has 2 aliphatic rings. The minimum atomic E-state index is -0.780. The Morgan fingerprint density at radius 3 is 2.88 bits per heavy atom. The van der Waals surface area contributed by atoms with Crippen LogP contribution in [0.1, 0.15) is 40.2 Å². The Bertz CT molecular complexity index is 452. The molecular weight excluding hydrogens is 214 g/mol. The predicted molar refractivity (Wildman–Crippen MR) is 65.5 cm³/mol. The van der Waals surface area contributed by atoms with Gasteiger partial charge in [0.05, 0.1) is 5.56 Å². The standard InChI is InChI=1S/C14H17NO2/c16-14(17)12-4-1-3-10-5-6-11(13(10)12)9-15-7-2-8-15/h1,3-4,11H,2,5-9H2,(H,16,17). The maximum Gasteiger partial charge on any atom is 0.335 e. The van der Waals surface area contributed by atoms with Crippen LogP contribution in [0.5, 0.6) is 0 Å². The van der Waals surface area contributed by atoms with E-state index in [4.69, 9.17) is 0 Å². The van der Waals surface area contributed by atoms with Crippen molar-refractivity contribution >= 4 is 5.97 Å². The third-order valence-electron chi connectivity index (χ3n) is 4.02. The summed E-state index contributed by atoms with van der Waals surface area (Å²) in [4.78, 5) is 13.7. The van der Waals surface area contributed by atoms with Crippen molar-refractivity contribution in [3.63, 3.8) is 0 Å². The number of benzene rings is 1. The first-order valence-electron chi connectivity index (χ1n) is 6.33. The molecule has 90 valence electrons. The van der Waals surface area contributed by atoms with E-state index >= 15 is 0 Å². The van der Waals surface area contributed by atoms with Crippen LogP contribution in [0, 0.1) is 0 Å². The lowest BCUT2D eigenvalue weighted by Crippen LogP contribution is -2.39. The van der Waals surface area contributed by atoms with Crippen molar-refractivity contribution in [1.82, 2.24) is 4.90 Å². The molecule has 3 heteroatoms. The molecule has 1 aliphatic heterocycles. The molecule has 1 unspecified atom stereocenters. The van der Waals surface area contributed by atoms with Gasteiger partial charge in [-0.25, -0.2) is 4.79 Å². The minimum Gasteiger partial charge on any atom is -0.478 e. The summed E-state index contributed by atoms with van der Waals surface area (Å²) in [6.07, 6.45) is 3.44. The third kappa shape index (κ3) is 1.84. The van der Waals surface area contributed by atoms with Crippen LogP contribution in [0.15, 0.2) is 18.2 Å². The highest BCUT2D eigenvalue weighted by Crippen LogP contribution is 2.36. The molecule has 3 nitrogen and oxygen atoms in total. The second-order valence-electron chi connectivity index (χ2n) is 5.07. The van der Waals surface area contributed by atoms with Crippen molar-refractivity contribution < 1.29 is 9.90 Å². The van der Waals surface area contributed by atoms with E-state index in [-0.39, 0.29) is 0 Å². The summed E-state index contributed by atoms with van der Waals surface area (Å²) in [6.45, 7) is 3.40. The normalized spacial score (nSPS) is 23.2. The van der Waals surface area contributed by atoms with Crippen LogP contribution in [0.25, 0.3) is 0 Å². The van der Waals surface area contributed by atoms with Crippen molar-refractivity contribution in [2.75, 3.05) is 19.6 Å². The maximum atomic E-state index is 11.3. The van der Waals surface area contributed by atoms with Gasteiger partial charge in [-0.2, -0.15) is 0 Å². The smallest absolute Gasteiger partial charge is 0.335 e. The molecule has 1 heterocycles. The summed E-state index contributed by atoms with van der Waals surface area (Å²) in [5.41, 5.74) is 2.87. The molecule has 1 fully saturated rings. The molecule has 0 amide bonds. The number of carbonyl (C=O) groups is 1. The van der Waals surface area contributed by atoms with E-state index in [1.165, 1.54) is 25.1 Å². The summed E-state index contributed by atoms with van der Waals surface area (Å²) in [5, 5.41) is 9.26. The van der Waals surface area contributed by atoms with Gasteiger partial charge in [0.15, 0.2) is 0 Å². The number of aromatic carboxylic acids is 1. The fourth-order valence-electron chi connectivity index (χ4n) is 3.03. The van der Waals surface area contributed by atoms with Crippen LogP contribution in [0.4, 0.5) is 0 Å². The van der Waals surface area contributed by atoms with Gasteiger partial charge in [-0.15, -0.1) is 0 Å². The first-order valence-corrected chi connectivity index (χ1v) is 6.33. The maximum absolute atomic E-state index is 11.3. The predicted octanol–water partition coefficient (Wildman–Crippen LogP) is 2.12. The zero-order valence-corrected chi connectivity index (χ0v) is 9.85. The van der Waals surface area contributed by atoms with E-state index in [0.717, 1.165) is 24.9 Å². The molecular formula is C14H17NO2. The van der Waals surface area contributed by atoms with Crippen LogP contribution in [0.2, 0.25) is 0 Å². The number of hydrogen-bond donors (Lipinski definition) is 1. The molecule has 1 aliphatic carbocycles. The third-order valence-corrected chi connectivity index (χ3v) is 4.02. The first-order chi connectivity index (χ1) is 8.25. The van der Waals surface area contributed by atoms with Gasteiger partial charge in [0.1, 0.15) is 0 Å². The average Bonchev–Trinajstić information content (AvgIpc) is 2.66. The summed E-state index contributed by atoms with van der Waals surface area (Å²) < 4.78 is 0. The van der Waals surface area contributed by atoms with Gasteiger partial charge in [0.25, 0.3) is 0 Å². The molecule has 1 atom stereocenters. The van der Waals surface area contributed by atoms with E-state index in [2.05, 4.69) is 11.0 Å². The monoisotopic (exact) mass is 231 g/mol. The van der Waals surface area contributed by atoms with Gasteiger partial charge in [-0.05, 0) is 55.5 Å². The Morgan fingerprint density at radius 2 is 2.24 bits per heavy atom. The fraction of sp³-hybridized carbons (Fsp3) is 0.500. The number of likely N-dealkylation sites (tertiary alicyclic amines) is 1. The van der Waals surface area contributed by atoms with Crippen molar-refractivity contribution in [3.05, 3.63) is 34.9 Å². The highest BCUT2D eigenvalue weighted by molar-refractivity contribution is 5.90. The molecule has 0 saturated carbocycles. The number of nitrogens with zero attached hydrogens (tertiary/aromatic N) is 1. The number of rotatable bonds is 3. The number of aryl methyl sites for hydroxylation is 1. The molecule has 1 N–H and O–H groups in total. The molecule has 17 heavy (non-hydrogen) atoms. The molecule has 0 spiro atoms. The Morgan fingerprint density at radius 1 is 1.41 bits per heavy atom. The van der Waals surface area contributed by atoms with Crippen molar-refractivity contribution in [2.45, 2.75) is 25.2 Å². The number of hydrogen-bond acceptors (Lipinski definition) is 2. The highest BCUT2D eigenvalue weighted by Gasteiger charge is 2.30. The van der Waals surface area contributed by atoms with Gasteiger partial charge in [0, 0.05) is 6.54 Å². The Kier molecular flexibility index (Phi) is 2.63. The molecule has 0 radical (unpaired) electrons. The molecule has 1 aromatic carbocycles. The van der Waals surface area contributed by atoms with E-state index in [1.54, 1.807) is 6.07 Å². The second-order valence-corrected chi connectivity index (χ2v) is 5.07. The molecule has 1 aromatic rings. The van der Waals surface area contributed by atoms with Gasteiger partial charge < -0.3 is 10.0 Å². The fourth-order valence-corrected chi connectivity index (χ4v) is 3.03. The van der Waals surface area contributed by atoms with Crippen LogP contribution in [0.3, 0.4) is 0 Å². The van der Waals surface area contributed by atoms with Crippen LogP contribution in [-0.4, -0.2) is 35.6 Å². The van der Waals surface area contributed by atoms with E-state index < -0.39 is 5.97 Å². The lowest BCUT2D eigenvalue weighted by atomic mass is 9.94. The van der Waals surface area contributed by atoms with Gasteiger partial charge in [0.2, 0.25) is 0 Å².